The van der Waals surface area contributed by atoms with E-state index in [0.717, 1.165) is 6.07 Å². The topological polar surface area (TPSA) is 82.5 Å². The minimum atomic E-state index is -3.75. The molecule has 0 aliphatic carbocycles. The van der Waals surface area contributed by atoms with Gasteiger partial charge in [0.25, 0.3) is 11.7 Å². The number of carbonyl (C=O) groups is 2. The number of rotatable bonds is 3. The second-order valence-electron chi connectivity index (χ2n) is 5.28. The van der Waals surface area contributed by atoms with Crippen molar-refractivity contribution in [2.45, 2.75) is 20.1 Å². The molecule has 0 atom stereocenters. The lowest BCUT2D eigenvalue weighted by atomic mass is 10.1. The van der Waals surface area contributed by atoms with Crippen LogP contribution in [0, 0.1) is 13.8 Å². The van der Waals surface area contributed by atoms with E-state index in [1.54, 1.807) is 20.9 Å². The molecule has 0 fully saturated rings. The predicted octanol–water partition coefficient (Wildman–Crippen LogP) is 2.18. The van der Waals surface area contributed by atoms with Gasteiger partial charge in [-0.3, -0.25) is 14.3 Å². The standard InChI is InChI=1S/C15H13F2N3O4/c1-7-12(8(2)20(3)19-7)13(21)14(22)18-9-4-5-10-11(6-9)24-15(16,17)23-10/h4-6H,1-3H3,(H,18,22). The molecule has 126 valence electrons. The van der Waals surface area contributed by atoms with Crippen LogP contribution in [0.2, 0.25) is 0 Å². The highest BCUT2D eigenvalue weighted by Gasteiger charge is 2.43. The fourth-order valence-corrected chi connectivity index (χ4v) is 2.43. The lowest BCUT2D eigenvalue weighted by Gasteiger charge is -2.06. The Kier molecular flexibility index (Phi) is 3.51. The zero-order valence-electron chi connectivity index (χ0n) is 13.0. The highest BCUT2D eigenvalue weighted by Crippen LogP contribution is 2.42. The van der Waals surface area contributed by atoms with E-state index < -0.39 is 18.0 Å². The van der Waals surface area contributed by atoms with Gasteiger partial charge in [0.1, 0.15) is 0 Å². The Morgan fingerprint density at radius 1 is 1.21 bits per heavy atom. The molecule has 3 rings (SSSR count). The van der Waals surface area contributed by atoms with Gasteiger partial charge in [0.15, 0.2) is 11.5 Å². The SMILES string of the molecule is Cc1nn(C)c(C)c1C(=O)C(=O)Nc1ccc2c(c1)OC(F)(F)O2. The van der Waals surface area contributed by atoms with Crippen LogP contribution in [0.4, 0.5) is 14.5 Å². The Balaban J connectivity index is 1.80. The van der Waals surface area contributed by atoms with Gasteiger partial charge in [-0.2, -0.15) is 5.10 Å². The lowest BCUT2D eigenvalue weighted by Crippen LogP contribution is -2.26. The van der Waals surface area contributed by atoms with Crippen LogP contribution in [-0.4, -0.2) is 27.8 Å². The number of halogens is 2. The molecule has 1 amide bonds. The van der Waals surface area contributed by atoms with Crippen LogP contribution in [0.15, 0.2) is 18.2 Å². The Bertz CT molecular complexity index is 861. The highest BCUT2D eigenvalue weighted by molar-refractivity contribution is 6.47. The maximum absolute atomic E-state index is 13.0. The maximum atomic E-state index is 13.0. The zero-order chi connectivity index (χ0) is 17.6. The molecular formula is C15H13F2N3O4. The molecule has 1 aliphatic heterocycles. The van der Waals surface area contributed by atoms with Crippen LogP contribution in [0.3, 0.4) is 0 Å². The van der Waals surface area contributed by atoms with Gasteiger partial charge in [-0.05, 0) is 26.0 Å². The molecule has 1 aliphatic rings. The van der Waals surface area contributed by atoms with Gasteiger partial charge in [-0.1, -0.05) is 0 Å². The average molecular weight is 337 g/mol. The number of ether oxygens (including phenoxy) is 2. The molecular weight excluding hydrogens is 324 g/mol. The van der Waals surface area contributed by atoms with E-state index in [9.17, 15) is 18.4 Å². The number of anilines is 1. The van der Waals surface area contributed by atoms with E-state index in [0.29, 0.717) is 11.4 Å². The molecule has 0 saturated heterocycles. The van der Waals surface area contributed by atoms with Crippen LogP contribution < -0.4 is 14.8 Å². The molecule has 24 heavy (non-hydrogen) atoms. The Morgan fingerprint density at radius 3 is 2.50 bits per heavy atom. The van der Waals surface area contributed by atoms with Crippen molar-refractivity contribution >= 4 is 17.4 Å². The summed E-state index contributed by atoms with van der Waals surface area (Å²) in [6, 6.07) is 3.71. The van der Waals surface area contributed by atoms with Gasteiger partial charge >= 0.3 is 6.29 Å². The molecule has 9 heteroatoms. The average Bonchev–Trinajstić information content (AvgIpc) is 2.92. The quantitative estimate of drug-likeness (QED) is 0.686. The summed E-state index contributed by atoms with van der Waals surface area (Å²) in [5.41, 5.74) is 1.33. The van der Waals surface area contributed by atoms with Crippen molar-refractivity contribution in [3.63, 3.8) is 0 Å². The summed E-state index contributed by atoms with van der Waals surface area (Å²) in [5.74, 6) is -2.04. The van der Waals surface area contributed by atoms with Gasteiger partial charge < -0.3 is 14.8 Å². The Hall–Kier alpha value is -2.97. The number of carbonyl (C=O) groups excluding carboxylic acids is 2. The molecule has 7 nitrogen and oxygen atoms in total. The monoisotopic (exact) mass is 337 g/mol. The molecule has 0 spiro atoms. The van der Waals surface area contributed by atoms with E-state index in [4.69, 9.17) is 0 Å². The molecule has 1 N–H and O–H groups in total. The number of alkyl halides is 2. The van der Waals surface area contributed by atoms with Crippen LogP contribution in [-0.2, 0) is 11.8 Å². The van der Waals surface area contributed by atoms with Crippen LogP contribution >= 0.6 is 0 Å². The van der Waals surface area contributed by atoms with Gasteiger partial charge in [0, 0.05) is 24.5 Å². The number of amides is 1. The second kappa shape index (κ2) is 5.29. The summed E-state index contributed by atoms with van der Waals surface area (Å²) in [6.45, 7) is 3.29. The number of Topliss-reactive ketones (excluding diaryl/α,β-unsaturated/α-hetero) is 1. The summed E-state index contributed by atoms with van der Waals surface area (Å²) in [7, 11) is 1.66. The van der Waals surface area contributed by atoms with Crippen molar-refractivity contribution in [2.75, 3.05) is 5.32 Å². The van der Waals surface area contributed by atoms with E-state index in [1.165, 1.54) is 16.8 Å². The molecule has 0 unspecified atom stereocenters. The van der Waals surface area contributed by atoms with Crippen molar-refractivity contribution in [3.8, 4) is 11.5 Å². The fraction of sp³-hybridized carbons (Fsp3) is 0.267. The molecule has 1 aromatic heterocycles. The summed E-state index contributed by atoms with van der Waals surface area (Å²) in [5, 5.41) is 6.44. The number of aryl methyl sites for hydroxylation is 2. The highest BCUT2D eigenvalue weighted by atomic mass is 19.3. The largest absolute Gasteiger partial charge is 0.586 e. The maximum Gasteiger partial charge on any atom is 0.586 e. The van der Waals surface area contributed by atoms with E-state index >= 15 is 0 Å². The summed E-state index contributed by atoms with van der Waals surface area (Å²) >= 11 is 0. The number of ketones is 1. The second-order valence-corrected chi connectivity index (χ2v) is 5.28. The Morgan fingerprint density at radius 2 is 1.88 bits per heavy atom. The van der Waals surface area contributed by atoms with Crippen molar-refractivity contribution in [1.29, 1.82) is 0 Å². The van der Waals surface area contributed by atoms with Crippen molar-refractivity contribution in [2.24, 2.45) is 7.05 Å². The molecule has 0 saturated carbocycles. The molecule has 2 heterocycles. The third kappa shape index (κ3) is 2.68. The van der Waals surface area contributed by atoms with Gasteiger partial charge in [0.2, 0.25) is 0 Å². The molecule has 2 aromatic rings. The number of hydrogen-bond acceptors (Lipinski definition) is 5. The van der Waals surface area contributed by atoms with Crippen molar-refractivity contribution < 1.29 is 27.8 Å². The summed E-state index contributed by atoms with van der Waals surface area (Å²) in [4.78, 5) is 24.4. The number of fused-ring (bicyclic) bond motifs is 1. The Labute approximate surface area is 135 Å². The first-order chi connectivity index (χ1) is 11.2. The van der Waals surface area contributed by atoms with Gasteiger partial charge in [-0.25, -0.2) is 0 Å². The number of benzene rings is 1. The number of nitrogens with zero attached hydrogens (tertiary/aromatic N) is 2. The van der Waals surface area contributed by atoms with Crippen LogP contribution in [0.1, 0.15) is 21.7 Å². The number of nitrogens with one attached hydrogen (secondary N) is 1. The zero-order valence-corrected chi connectivity index (χ0v) is 13.0. The minimum Gasteiger partial charge on any atom is -0.395 e. The van der Waals surface area contributed by atoms with Crippen LogP contribution in [0.5, 0.6) is 11.5 Å². The molecule has 0 bridgehead atoms. The third-order valence-electron chi connectivity index (χ3n) is 3.60. The smallest absolute Gasteiger partial charge is 0.395 e. The molecule has 1 aromatic carbocycles. The van der Waals surface area contributed by atoms with Gasteiger partial charge in [-0.15, -0.1) is 8.78 Å². The normalized spacial score (nSPS) is 14.5. The predicted molar refractivity (Wildman–Crippen MR) is 78.3 cm³/mol. The first-order valence-electron chi connectivity index (χ1n) is 6.94. The number of aromatic nitrogens is 2. The summed E-state index contributed by atoms with van der Waals surface area (Å²) in [6.07, 6.45) is -3.75. The molecule has 0 radical (unpaired) electrons. The number of hydrogen-bond donors (Lipinski definition) is 1. The lowest BCUT2D eigenvalue weighted by molar-refractivity contribution is -0.286. The summed E-state index contributed by atoms with van der Waals surface area (Å²) < 4.78 is 36.0. The fourth-order valence-electron chi connectivity index (χ4n) is 2.43. The van der Waals surface area contributed by atoms with Crippen molar-refractivity contribution in [1.82, 2.24) is 9.78 Å². The van der Waals surface area contributed by atoms with E-state index in [2.05, 4.69) is 19.9 Å². The van der Waals surface area contributed by atoms with E-state index in [-0.39, 0.29) is 22.7 Å². The first kappa shape index (κ1) is 15.9. The minimum absolute atomic E-state index is 0.132. The van der Waals surface area contributed by atoms with Gasteiger partial charge in [0.05, 0.1) is 11.3 Å². The van der Waals surface area contributed by atoms with E-state index in [1.807, 2.05) is 0 Å². The first-order valence-corrected chi connectivity index (χ1v) is 6.94. The van der Waals surface area contributed by atoms with Crippen molar-refractivity contribution in [3.05, 3.63) is 35.2 Å². The van der Waals surface area contributed by atoms with Crippen LogP contribution in [0.25, 0.3) is 0 Å². The third-order valence-corrected chi connectivity index (χ3v) is 3.60.